The zero-order valence-electron chi connectivity index (χ0n) is 22.3. The van der Waals surface area contributed by atoms with E-state index in [2.05, 4.69) is 29.9 Å². The molecule has 0 radical (unpaired) electrons. The van der Waals surface area contributed by atoms with Gasteiger partial charge in [0.2, 0.25) is 0 Å². The Labute approximate surface area is 211 Å². The van der Waals surface area contributed by atoms with Gasteiger partial charge in [-0.2, -0.15) is 0 Å². The Hall–Kier alpha value is -3.57. The standard InChI is InChI=1S/C19H23N3.C9H13NO.C2H6/c1-13-10-18(15(3)20)16(4)22-19(11-14(2)21-12-13)17-8-6-5-7-9-17;1-6-4-5-7(2)10-9(6)8(3)11;1-2/h5-12,15,21H,2,20H2,1,3-4H3;4-5,9-11H,3H2,1-2H3;1-2H3/b13-12-,18-10-,19-11-,22-16-;;. The van der Waals surface area contributed by atoms with E-state index in [0.29, 0.717) is 0 Å². The van der Waals surface area contributed by atoms with Crippen LogP contribution in [0.2, 0.25) is 0 Å². The van der Waals surface area contributed by atoms with Crippen molar-refractivity contribution in [3.05, 3.63) is 113 Å². The molecule has 1 aromatic carbocycles. The average molecular weight is 475 g/mol. The summed E-state index contributed by atoms with van der Waals surface area (Å²) in [6.07, 6.45) is 9.92. The number of dihydropyridines is 1. The van der Waals surface area contributed by atoms with Crippen LogP contribution in [-0.4, -0.2) is 22.9 Å². The Bertz CT molecular complexity index is 1070. The van der Waals surface area contributed by atoms with Gasteiger partial charge in [0.15, 0.2) is 0 Å². The first kappa shape index (κ1) is 29.5. The van der Waals surface area contributed by atoms with Crippen LogP contribution in [0.5, 0.6) is 0 Å². The van der Waals surface area contributed by atoms with Crippen molar-refractivity contribution in [1.82, 2.24) is 10.6 Å². The Morgan fingerprint density at radius 1 is 1.06 bits per heavy atom. The lowest BCUT2D eigenvalue weighted by atomic mass is 10.0. The van der Waals surface area contributed by atoms with E-state index in [-0.39, 0.29) is 17.8 Å². The molecule has 0 aliphatic carbocycles. The van der Waals surface area contributed by atoms with E-state index in [9.17, 15) is 0 Å². The van der Waals surface area contributed by atoms with E-state index < -0.39 is 0 Å². The fourth-order valence-corrected chi connectivity index (χ4v) is 3.39. The van der Waals surface area contributed by atoms with Crippen LogP contribution in [0, 0.1) is 0 Å². The van der Waals surface area contributed by atoms with Gasteiger partial charge in [-0.3, -0.25) is 4.99 Å². The van der Waals surface area contributed by atoms with Gasteiger partial charge >= 0.3 is 0 Å². The molecule has 0 saturated heterocycles. The number of aliphatic imine (C=N–C) groups is 1. The zero-order chi connectivity index (χ0) is 26.5. The maximum Gasteiger partial charge on any atom is 0.112 e. The highest BCUT2D eigenvalue weighted by atomic mass is 16.3. The van der Waals surface area contributed by atoms with Gasteiger partial charge in [0, 0.05) is 34.9 Å². The zero-order valence-corrected chi connectivity index (χ0v) is 22.3. The number of hydrogen-bond donors (Lipinski definition) is 4. The van der Waals surface area contributed by atoms with Gasteiger partial charge in [-0.25, -0.2) is 0 Å². The summed E-state index contributed by atoms with van der Waals surface area (Å²) < 4.78 is 0. The molecule has 35 heavy (non-hydrogen) atoms. The molecule has 0 amide bonds. The number of nitrogens with two attached hydrogens (primary N) is 1. The second-order valence-electron chi connectivity index (χ2n) is 8.37. The van der Waals surface area contributed by atoms with Gasteiger partial charge in [-0.15, -0.1) is 0 Å². The third kappa shape index (κ3) is 9.67. The summed E-state index contributed by atoms with van der Waals surface area (Å²) >= 11 is 0. The quantitative estimate of drug-likeness (QED) is 0.368. The lowest BCUT2D eigenvalue weighted by Crippen LogP contribution is -2.32. The molecule has 0 spiro atoms. The van der Waals surface area contributed by atoms with Crippen LogP contribution >= 0.6 is 0 Å². The van der Waals surface area contributed by atoms with Crippen molar-refractivity contribution in [3.8, 4) is 0 Å². The smallest absolute Gasteiger partial charge is 0.112 e. The number of nitrogens with one attached hydrogen (secondary N) is 2. The SMILES string of the molecule is C=C(O)C1NC(C)=CC=C1C.C=C1\C=C(c2ccccc2)/N=C(C)\C(C(C)N)=C/C(C)=C\N1.CC. The van der Waals surface area contributed by atoms with Crippen LogP contribution in [0.3, 0.4) is 0 Å². The molecule has 2 atom stereocenters. The van der Waals surface area contributed by atoms with Gasteiger partial charge in [0.1, 0.15) is 11.8 Å². The van der Waals surface area contributed by atoms with Gasteiger partial charge in [-0.05, 0) is 63.5 Å². The number of nitrogens with zero attached hydrogens (tertiary/aromatic N) is 1. The molecular formula is C30H42N4O. The number of aliphatic hydroxyl groups excluding tert-OH is 1. The van der Waals surface area contributed by atoms with E-state index in [1.54, 1.807) is 0 Å². The Kier molecular flexibility index (Phi) is 12.3. The molecule has 2 aliphatic rings. The molecule has 3 rings (SSSR count). The topological polar surface area (TPSA) is 82.7 Å². The van der Waals surface area contributed by atoms with Crippen LogP contribution in [0.15, 0.2) is 113 Å². The summed E-state index contributed by atoms with van der Waals surface area (Å²) in [5.41, 5.74) is 14.0. The summed E-state index contributed by atoms with van der Waals surface area (Å²) in [4.78, 5) is 4.80. The lowest BCUT2D eigenvalue weighted by Gasteiger charge is -2.22. The van der Waals surface area contributed by atoms with Gasteiger partial charge in [-0.1, -0.05) is 69.5 Å². The predicted molar refractivity (Wildman–Crippen MR) is 153 cm³/mol. The molecule has 0 fully saturated rings. The first-order valence-corrected chi connectivity index (χ1v) is 12.0. The highest BCUT2D eigenvalue weighted by Gasteiger charge is 2.15. The van der Waals surface area contributed by atoms with Crippen LogP contribution in [0.25, 0.3) is 5.70 Å². The minimum absolute atomic E-state index is 0.0771. The normalized spacial score (nSPS) is 24.5. The Morgan fingerprint density at radius 3 is 2.23 bits per heavy atom. The molecule has 0 saturated carbocycles. The van der Waals surface area contributed by atoms with Crippen LogP contribution in [-0.2, 0) is 0 Å². The van der Waals surface area contributed by atoms with Crippen LogP contribution < -0.4 is 16.4 Å². The number of rotatable bonds is 3. The molecule has 2 heterocycles. The lowest BCUT2D eigenvalue weighted by molar-refractivity contribution is 0.366. The Morgan fingerprint density at radius 2 is 1.69 bits per heavy atom. The first-order valence-electron chi connectivity index (χ1n) is 12.0. The molecule has 5 N–H and O–H groups in total. The summed E-state index contributed by atoms with van der Waals surface area (Å²) in [6.45, 7) is 21.4. The van der Waals surface area contributed by atoms with Crippen molar-refractivity contribution in [2.45, 2.75) is 60.5 Å². The third-order valence-electron chi connectivity index (χ3n) is 5.20. The fourth-order valence-electron chi connectivity index (χ4n) is 3.39. The molecule has 0 aromatic heterocycles. The summed E-state index contributed by atoms with van der Waals surface area (Å²) in [7, 11) is 0. The second-order valence-corrected chi connectivity index (χ2v) is 8.37. The third-order valence-corrected chi connectivity index (χ3v) is 5.20. The molecule has 5 heteroatoms. The first-order chi connectivity index (χ1) is 16.6. The van der Waals surface area contributed by atoms with Crippen molar-refractivity contribution in [2.75, 3.05) is 0 Å². The summed E-state index contributed by atoms with van der Waals surface area (Å²) in [5, 5.41) is 15.4. The van der Waals surface area contributed by atoms with Crippen LogP contribution in [0.4, 0.5) is 0 Å². The number of aliphatic hydroxyl groups is 1. The summed E-state index contributed by atoms with van der Waals surface area (Å²) in [6, 6.07) is 9.90. The second kappa shape index (κ2) is 14.6. The van der Waals surface area contributed by atoms with Crippen LogP contribution in [0.1, 0.15) is 54.0 Å². The van der Waals surface area contributed by atoms with Crippen molar-refractivity contribution >= 4 is 11.4 Å². The Balaban J connectivity index is 0.000000395. The maximum atomic E-state index is 9.14. The van der Waals surface area contributed by atoms with E-state index >= 15 is 0 Å². The molecule has 5 nitrogen and oxygen atoms in total. The van der Waals surface area contributed by atoms with Gasteiger partial charge in [0.05, 0.1) is 5.70 Å². The van der Waals surface area contributed by atoms with Crippen molar-refractivity contribution in [3.63, 3.8) is 0 Å². The van der Waals surface area contributed by atoms with Crippen molar-refractivity contribution < 1.29 is 5.11 Å². The average Bonchev–Trinajstić information content (AvgIpc) is 2.83. The predicted octanol–water partition coefficient (Wildman–Crippen LogP) is 6.69. The summed E-state index contributed by atoms with van der Waals surface area (Å²) in [5.74, 6) is 0.172. The maximum absolute atomic E-state index is 9.14. The molecule has 1 aromatic rings. The number of allylic oxidation sites excluding steroid dienone is 6. The van der Waals surface area contributed by atoms with Gasteiger partial charge in [0.25, 0.3) is 0 Å². The molecule has 2 aliphatic heterocycles. The highest BCUT2D eigenvalue weighted by molar-refractivity contribution is 6.02. The minimum atomic E-state index is -0.0972. The van der Waals surface area contributed by atoms with E-state index in [0.717, 1.165) is 45.1 Å². The minimum Gasteiger partial charge on any atom is -0.510 e. The number of hydrogen-bond acceptors (Lipinski definition) is 5. The van der Waals surface area contributed by atoms with E-state index in [1.165, 1.54) is 0 Å². The largest absolute Gasteiger partial charge is 0.510 e. The molecule has 2 unspecified atom stereocenters. The number of benzene rings is 1. The van der Waals surface area contributed by atoms with E-state index in [4.69, 9.17) is 15.8 Å². The monoisotopic (exact) mass is 474 g/mol. The fraction of sp³-hybridized carbons (Fsp3) is 0.300. The highest BCUT2D eigenvalue weighted by Crippen LogP contribution is 2.21. The van der Waals surface area contributed by atoms with Crippen molar-refractivity contribution in [1.29, 1.82) is 0 Å². The van der Waals surface area contributed by atoms with E-state index in [1.807, 2.05) is 103 Å². The van der Waals surface area contributed by atoms with Gasteiger partial charge < -0.3 is 21.5 Å². The van der Waals surface area contributed by atoms with Crippen molar-refractivity contribution in [2.24, 2.45) is 10.7 Å². The molecule has 0 bridgehead atoms. The molecular weight excluding hydrogens is 432 g/mol. The molecule has 188 valence electrons.